The van der Waals surface area contributed by atoms with Crippen molar-refractivity contribution in [3.63, 3.8) is 0 Å². The summed E-state index contributed by atoms with van der Waals surface area (Å²) in [6.07, 6.45) is 5.63. The molecule has 1 aliphatic rings. The summed E-state index contributed by atoms with van der Waals surface area (Å²) in [5.41, 5.74) is 1.34. The summed E-state index contributed by atoms with van der Waals surface area (Å²) < 4.78 is 0. The van der Waals surface area contributed by atoms with Crippen LogP contribution in [0.15, 0.2) is 42.5 Å². The van der Waals surface area contributed by atoms with Crippen molar-refractivity contribution in [2.75, 3.05) is 0 Å². The predicted molar refractivity (Wildman–Crippen MR) is 53.6 cm³/mol. The number of hydrogen-bond acceptors (Lipinski definition) is 1. The van der Waals surface area contributed by atoms with E-state index in [2.05, 4.69) is 30.3 Å². The second kappa shape index (κ2) is 3.75. The lowest BCUT2D eigenvalue weighted by atomic mass is 9.87. The minimum atomic E-state index is -0.251. The van der Waals surface area contributed by atoms with E-state index in [-0.39, 0.29) is 6.10 Å². The molecule has 0 aromatic heterocycles. The average molecular weight is 174 g/mol. The van der Waals surface area contributed by atoms with Gasteiger partial charge in [-0.25, -0.2) is 0 Å². The van der Waals surface area contributed by atoms with Gasteiger partial charge in [0.1, 0.15) is 0 Å². The first-order valence-corrected chi connectivity index (χ1v) is 4.76. The van der Waals surface area contributed by atoms with Gasteiger partial charge < -0.3 is 5.11 Å². The van der Waals surface area contributed by atoms with Gasteiger partial charge in [-0.2, -0.15) is 0 Å². The maximum atomic E-state index is 9.45. The fourth-order valence-electron chi connectivity index (χ4n) is 1.86. The highest BCUT2D eigenvalue weighted by Gasteiger charge is 2.16. The van der Waals surface area contributed by atoms with Gasteiger partial charge in [-0.1, -0.05) is 42.5 Å². The second-order valence-electron chi connectivity index (χ2n) is 3.57. The van der Waals surface area contributed by atoms with E-state index in [1.807, 2.05) is 12.1 Å². The third-order valence-corrected chi connectivity index (χ3v) is 2.58. The van der Waals surface area contributed by atoms with Crippen molar-refractivity contribution in [3.05, 3.63) is 48.0 Å². The lowest BCUT2D eigenvalue weighted by Crippen LogP contribution is -2.13. The number of allylic oxidation sites excluding steroid dienone is 1. The maximum Gasteiger partial charge on any atom is 0.0726 e. The molecular weight excluding hydrogens is 160 g/mol. The van der Waals surface area contributed by atoms with Crippen LogP contribution in [0.4, 0.5) is 0 Å². The van der Waals surface area contributed by atoms with Crippen LogP contribution in [0.2, 0.25) is 0 Å². The van der Waals surface area contributed by atoms with Crippen LogP contribution in [0.5, 0.6) is 0 Å². The molecule has 0 fully saturated rings. The normalized spacial score (nSPS) is 27.5. The molecule has 0 bridgehead atoms. The first-order chi connectivity index (χ1) is 6.36. The first-order valence-electron chi connectivity index (χ1n) is 4.76. The van der Waals surface area contributed by atoms with Gasteiger partial charge >= 0.3 is 0 Å². The van der Waals surface area contributed by atoms with E-state index in [0.29, 0.717) is 5.92 Å². The van der Waals surface area contributed by atoms with Gasteiger partial charge in [0.25, 0.3) is 0 Å². The van der Waals surface area contributed by atoms with Crippen LogP contribution in [-0.4, -0.2) is 11.2 Å². The minimum absolute atomic E-state index is 0.251. The monoisotopic (exact) mass is 174 g/mol. The second-order valence-corrected chi connectivity index (χ2v) is 3.57. The van der Waals surface area contributed by atoms with Gasteiger partial charge in [-0.05, 0) is 24.3 Å². The Kier molecular flexibility index (Phi) is 2.46. The molecule has 1 nitrogen and oxygen atoms in total. The predicted octanol–water partition coefficient (Wildman–Crippen LogP) is 2.48. The van der Waals surface area contributed by atoms with E-state index in [0.717, 1.165) is 12.8 Å². The summed E-state index contributed by atoms with van der Waals surface area (Å²) in [5, 5.41) is 9.45. The maximum absolute atomic E-state index is 9.45. The standard InChI is InChI=1S/C12H14O/c13-12-8-4-7-11(9-12)10-5-2-1-3-6-10/h1-6,8,11-13H,7,9H2/t11-,12-/m0/s1. The summed E-state index contributed by atoms with van der Waals surface area (Å²) in [6, 6.07) is 10.4. The number of benzene rings is 1. The Hall–Kier alpha value is -1.08. The van der Waals surface area contributed by atoms with E-state index >= 15 is 0 Å². The molecule has 1 aromatic rings. The third kappa shape index (κ3) is 1.99. The summed E-state index contributed by atoms with van der Waals surface area (Å²) >= 11 is 0. The van der Waals surface area contributed by atoms with Crippen LogP contribution >= 0.6 is 0 Å². The minimum Gasteiger partial charge on any atom is -0.389 e. The third-order valence-electron chi connectivity index (χ3n) is 2.58. The number of aliphatic hydroxyl groups is 1. The molecule has 0 unspecified atom stereocenters. The van der Waals surface area contributed by atoms with Gasteiger partial charge in [-0.15, -0.1) is 0 Å². The molecule has 2 rings (SSSR count). The van der Waals surface area contributed by atoms with E-state index in [1.54, 1.807) is 0 Å². The Bertz CT molecular complexity index is 289. The largest absolute Gasteiger partial charge is 0.389 e. The zero-order valence-electron chi connectivity index (χ0n) is 7.56. The smallest absolute Gasteiger partial charge is 0.0726 e. The molecular formula is C12H14O. The van der Waals surface area contributed by atoms with Crippen molar-refractivity contribution in [2.24, 2.45) is 0 Å². The summed E-state index contributed by atoms with van der Waals surface area (Å²) in [7, 11) is 0. The highest BCUT2D eigenvalue weighted by molar-refractivity contribution is 5.22. The Morgan fingerprint density at radius 1 is 1.15 bits per heavy atom. The SMILES string of the molecule is O[C@H]1C=CC[C@H](c2ccccc2)C1. The van der Waals surface area contributed by atoms with Crippen LogP contribution in [0.3, 0.4) is 0 Å². The van der Waals surface area contributed by atoms with Crippen molar-refractivity contribution in [1.82, 2.24) is 0 Å². The highest BCUT2D eigenvalue weighted by Crippen LogP contribution is 2.28. The van der Waals surface area contributed by atoms with Gasteiger partial charge in [0.2, 0.25) is 0 Å². The van der Waals surface area contributed by atoms with Crippen molar-refractivity contribution >= 4 is 0 Å². The molecule has 0 saturated carbocycles. The summed E-state index contributed by atoms with van der Waals surface area (Å²) in [6.45, 7) is 0. The molecule has 1 aliphatic carbocycles. The molecule has 1 aromatic carbocycles. The van der Waals surface area contributed by atoms with Crippen LogP contribution < -0.4 is 0 Å². The molecule has 0 heterocycles. The molecule has 0 saturated heterocycles. The molecule has 0 radical (unpaired) electrons. The zero-order chi connectivity index (χ0) is 9.10. The zero-order valence-corrected chi connectivity index (χ0v) is 7.56. The molecule has 13 heavy (non-hydrogen) atoms. The molecule has 1 N–H and O–H groups in total. The Labute approximate surface area is 78.7 Å². The molecule has 68 valence electrons. The van der Waals surface area contributed by atoms with Gasteiger partial charge in [-0.3, -0.25) is 0 Å². The van der Waals surface area contributed by atoms with E-state index in [9.17, 15) is 5.11 Å². The van der Waals surface area contributed by atoms with Crippen LogP contribution in [0.1, 0.15) is 24.3 Å². The van der Waals surface area contributed by atoms with Crippen molar-refractivity contribution in [2.45, 2.75) is 24.9 Å². The highest BCUT2D eigenvalue weighted by atomic mass is 16.3. The number of hydrogen-bond donors (Lipinski definition) is 1. The Morgan fingerprint density at radius 3 is 2.62 bits per heavy atom. The average Bonchev–Trinajstić information content (AvgIpc) is 2.19. The van der Waals surface area contributed by atoms with E-state index in [1.165, 1.54) is 5.56 Å². The lowest BCUT2D eigenvalue weighted by Gasteiger charge is -2.21. The Balaban J connectivity index is 2.15. The fourth-order valence-corrected chi connectivity index (χ4v) is 1.86. The lowest BCUT2D eigenvalue weighted by molar-refractivity contribution is 0.195. The van der Waals surface area contributed by atoms with Crippen LogP contribution in [0.25, 0.3) is 0 Å². The number of aliphatic hydroxyl groups excluding tert-OH is 1. The van der Waals surface area contributed by atoms with E-state index in [4.69, 9.17) is 0 Å². The van der Waals surface area contributed by atoms with Crippen LogP contribution in [-0.2, 0) is 0 Å². The topological polar surface area (TPSA) is 20.2 Å². The molecule has 0 aliphatic heterocycles. The molecule has 0 spiro atoms. The molecule has 0 amide bonds. The van der Waals surface area contributed by atoms with Gasteiger partial charge in [0, 0.05) is 0 Å². The van der Waals surface area contributed by atoms with Crippen molar-refractivity contribution in [3.8, 4) is 0 Å². The van der Waals surface area contributed by atoms with Crippen molar-refractivity contribution in [1.29, 1.82) is 0 Å². The van der Waals surface area contributed by atoms with Crippen LogP contribution in [0, 0.1) is 0 Å². The van der Waals surface area contributed by atoms with Gasteiger partial charge in [0.15, 0.2) is 0 Å². The molecule has 2 atom stereocenters. The fraction of sp³-hybridized carbons (Fsp3) is 0.333. The van der Waals surface area contributed by atoms with Crippen molar-refractivity contribution < 1.29 is 5.11 Å². The van der Waals surface area contributed by atoms with Gasteiger partial charge in [0.05, 0.1) is 6.10 Å². The van der Waals surface area contributed by atoms with E-state index < -0.39 is 0 Å². The first kappa shape index (κ1) is 8.52. The Morgan fingerprint density at radius 2 is 1.92 bits per heavy atom. The summed E-state index contributed by atoms with van der Waals surface area (Å²) in [4.78, 5) is 0. The summed E-state index contributed by atoms with van der Waals surface area (Å²) in [5.74, 6) is 0.501. The number of rotatable bonds is 1. The quantitative estimate of drug-likeness (QED) is 0.648. The molecule has 1 heteroatoms.